The van der Waals surface area contributed by atoms with Crippen molar-refractivity contribution in [3.8, 4) is 23.1 Å². The fraction of sp³-hybridized carbons (Fsp3) is 0.318. The number of aliphatic imine (C=N–C) groups is 1. The van der Waals surface area contributed by atoms with E-state index in [4.69, 9.17) is 14.2 Å². The number of hydrogen-bond donors (Lipinski definition) is 2. The van der Waals surface area contributed by atoms with Crippen molar-refractivity contribution >= 4 is 29.9 Å². The fourth-order valence-corrected chi connectivity index (χ4v) is 3.02. The van der Waals surface area contributed by atoms with E-state index < -0.39 is 0 Å². The Labute approximate surface area is 205 Å². The van der Waals surface area contributed by atoms with Crippen molar-refractivity contribution in [3.05, 3.63) is 60.0 Å². The van der Waals surface area contributed by atoms with Crippen LogP contribution in [0.2, 0.25) is 0 Å². The van der Waals surface area contributed by atoms with E-state index in [1.54, 1.807) is 38.4 Å². The van der Waals surface area contributed by atoms with Crippen molar-refractivity contribution in [2.45, 2.75) is 20.0 Å². The molecule has 3 rings (SSSR count). The number of rotatable bonds is 9. The molecule has 0 unspecified atom stereocenters. The van der Waals surface area contributed by atoms with Gasteiger partial charge in [-0.2, -0.15) is 5.10 Å². The van der Waals surface area contributed by atoms with Gasteiger partial charge in [0, 0.05) is 31.7 Å². The number of benzene rings is 1. The summed E-state index contributed by atoms with van der Waals surface area (Å²) in [5.41, 5.74) is 2.01. The molecule has 0 aliphatic heterocycles. The minimum absolute atomic E-state index is 0. The molecule has 2 heterocycles. The van der Waals surface area contributed by atoms with Crippen molar-refractivity contribution in [2.24, 2.45) is 4.99 Å². The summed E-state index contributed by atoms with van der Waals surface area (Å²) in [6.45, 7) is 3.81. The van der Waals surface area contributed by atoms with Gasteiger partial charge in [0.05, 0.1) is 27.9 Å². The summed E-state index contributed by atoms with van der Waals surface area (Å²) in [4.78, 5) is 9.05. The molecule has 172 valence electrons. The monoisotopic (exact) mass is 552 g/mol. The number of ether oxygens (including phenoxy) is 3. The number of nitrogens with zero attached hydrogens (tertiary/aromatic N) is 4. The molecule has 0 atom stereocenters. The zero-order valence-electron chi connectivity index (χ0n) is 18.7. The van der Waals surface area contributed by atoms with Crippen LogP contribution < -0.4 is 24.8 Å². The van der Waals surface area contributed by atoms with Crippen molar-refractivity contribution in [1.82, 2.24) is 25.4 Å². The number of halogens is 1. The average Bonchev–Trinajstić information content (AvgIpc) is 3.35. The average molecular weight is 552 g/mol. The second kappa shape index (κ2) is 12.7. The molecule has 1 aromatic carbocycles. The van der Waals surface area contributed by atoms with E-state index >= 15 is 0 Å². The van der Waals surface area contributed by atoms with Crippen molar-refractivity contribution < 1.29 is 14.2 Å². The third-order valence-corrected chi connectivity index (χ3v) is 4.50. The smallest absolute Gasteiger partial charge is 0.203 e. The normalized spacial score (nSPS) is 10.8. The topological polar surface area (TPSA) is 94.8 Å². The minimum Gasteiger partial charge on any atom is -0.493 e. The van der Waals surface area contributed by atoms with Crippen LogP contribution in [-0.2, 0) is 13.1 Å². The number of methoxy groups -OCH3 is 3. The van der Waals surface area contributed by atoms with Crippen LogP contribution in [0.1, 0.15) is 18.1 Å². The Morgan fingerprint density at radius 1 is 1.00 bits per heavy atom. The number of nitrogens with one attached hydrogen (secondary N) is 2. The molecule has 9 nitrogen and oxygen atoms in total. The zero-order chi connectivity index (χ0) is 22.1. The molecule has 0 amide bonds. The van der Waals surface area contributed by atoms with E-state index in [0.717, 1.165) is 23.5 Å². The summed E-state index contributed by atoms with van der Waals surface area (Å²) in [5.74, 6) is 3.24. The largest absolute Gasteiger partial charge is 0.493 e. The molecule has 0 spiro atoms. The van der Waals surface area contributed by atoms with Crippen LogP contribution in [0.3, 0.4) is 0 Å². The van der Waals surface area contributed by atoms with Crippen LogP contribution in [-0.4, -0.2) is 48.6 Å². The second-order valence-electron chi connectivity index (χ2n) is 6.56. The molecule has 0 aliphatic rings. The summed E-state index contributed by atoms with van der Waals surface area (Å²) in [5, 5.41) is 10.8. The number of hydrogen-bond acceptors (Lipinski definition) is 6. The molecule has 32 heavy (non-hydrogen) atoms. The van der Waals surface area contributed by atoms with E-state index in [0.29, 0.717) is 36.3 Å². The molecule has 0 bridgehead atoms. The Hall–Kier alpha value is -3.02. The summed E-state index contributed by atoms with van der Waals surface area (Å²) >= 11 is 0. The van der Waals surface area contributed by atoms with Gasteiger partial charge < -0.3 is 24.8 Å². The number of pyridine rings is 1. The van der Waals surface area contributed by atoms with Gasteiger partial charge in [-0.3, -0.25) is 0 Å². The lowest BCUT2D eigenvalue weighted by Crippen LogP contribution is -2.36. The molecule has 2 N–H and O–H groups in total. The highest BCUT2D eigenvalue weighted by molar-refractivity contribution is 14.0. The highest BCUT2D eigenvalue weighted by atomic mass is 127. The lowest BCUT2D eigenvalue weighted by molar-refractivity contribution is 0.324. The maximum atomic E-state index is 5.42. The van der Waals surface area contributed by atoms with Crippen LogP contribution in [0.15, 0.2) is 53.9 Å². The van der Waals surface area contributed by atoms with Gasteiger partial charge in [-0.25, -0.2) is 14.7 Å². The van der Waals surface area contributed by atoms with Gasteiger partial charge in [-0.1, -0.05) is 0 Å². The van der Waals surface area contributed by atoms with E-state index in [9.17, 15) is 0 Å². The maximum absolute atomic E-state index is 5.42. The van der Waals surface area contributed by atoms with Crippen molar-refractivity contribution in [1.29, 1.82) is 0 Å². The maximum Gasteiger partial charge on any atom is 0.203 e. The van der Waals surface area contributed by atoms with Crippen LogP contribution in [0.4, 0.5) is 0 Å². The van der Waals surface area contributed by atoms with Gasteiger partial charge in [-0.15, -0.1) is 24.0 Å². The molecule has 0 fully saturated rings. The molecule has 0 saturated carbocycles. The summed E-state index contributed by atoms with van der Waals surface area (Å²) in [6, 6.07) is 9.61. The van der Waals surface area contributed by atoms with Gasteiger partial charge >= 0.3 is 0 Å². The lowest BCUT2D eigenvalue weighted by atomic mass is 10.2. The first-order valence-electron chi connectivity index (χ1n) is 9.94. The van der Waals surface area contributed by atoms with Crippen LogP contribution in [0, 0.1) is 0 Å². The first-order chi connectivity index (χ1) is 15.2. The highest BCUT2D eigenvalue weighted by Gasteiger charge is 2.13. The predicted molar refractivity (Wildman–Crippen MR) is 135 cm³/mol. The fourth-order valence-electron chi connectivity index (χ4n) is 3.02. The van der Waals surface area contributed by atoms with Crippen LogP contribution >= 0.6 is 24.0 Å². The first kappa shape index (κ1) is 25.2. The third kappa shape index (κ3) is 6.49. The SMILES string of the molecule is CCNC(=NCc1cc(OC)c(OC)c(OC)c1)NCc1ccnc(-n2cccn2)c1.I. The van der Waals surface area contributed by atoms with Crippen molar-refractivity contribution in [2.75, 3.05) is 27.9 Å². The second-order valence-corrected chi connectivity index (χ2v) is 6.56. The summed E-state index contributed by atoms with van der Waals surface area (Å²) < 4.78 is 18.0. The van der Waals surface area contributed by atoms with Gasteiger partial charge in [0.1, 0.15) is 0 Å². The number of aromatic nitrogens is 3. The molecule has 2 aromatic heterocycles. The van der Waals surface area contributed by atoms with Crippen LogP contribution in [0.5, 0.6) is 17.2 Å². The van der Waals surface area contributed by atoms with Gasteiger partial charge in [-0.05, 0) is 48.4 Å². The van der Waals surface area contributed by atoms with Gasteiger partial charge in [0.25, 0.3) is 0 Å². The van der Waals surface area contributed by atoms with E-state index in [1.807, 2.05) is 43.5 Å². The molecule has 0 saturated heterocycles. The summed E-state index contributed by atoms with van der Waals surface area (Å²) in [6.07, 6.45) is 5.36. The quantitative estimate of drug-likeness (QED) is 0.239. The molecule has 10 heteroatoms. The Morgan fingerprint density at radius 3 is 2.34 bits per heavy atom. The first-order valence-corrected chi connectivity index (χ1v) is 9.94. The molecular weight excluding hydrogens is 523 g/mol. The lowest BCUT2D eigenvalue weighted by Gasteiger charge is -2.14. The van der Waals surface area contributed by atoms with E-state index in [1.165, 1.54) is 0 Å². The van der Waals surface area contributed by atoms with E-state index in [-0.39, 0.29) is 24.0 Å². The zero-order valence-corrected chi connectivity index (χ0v) is 21.0. The Bertz CT molecular complexity index is 986. The number of guanidine groups is 1. The highest BCUT2D eigenvalue weighted by Crippen LogP contribution is 2.38. The predicted octanol–water partition coefficient (Wildman–Crippen LogP) is 3.17. The van der Waals surface area contributed by atoms with Crippen molar-refractivity contribution in [3.63, 3.8) is 0 Å². The summed E-state index contributed by atoms with van der Waals surface area (Å²) in [7, 11) is 4.78. The molecule has 0 aliphatic carbocycles. The Morgan fingerprint density at radius 2 is 1.75 bits per heavy atom. The third-order valence-electron chi connectivity index (χ3n) is 4.50. The Balaban J connectivity index is 0.00000363. The van der Waals surface area contributed by atoms with E-state index in [2.05, 4.69) is 25.7 Å². The van der Waals surface area contributed by atoms with Gasteiger partial charge in [0.2, 0.25) is 5.75 Å². The molecule has 0 radical (unpaired) electrons. The minimum atomic E-state index is 0. The Kier molecular flexibility index (Phi) is 10.1. The molecule has 3 aromatic rings. The standard InChI is InChI=1S/C22H28N6O3.HI/c1-5-23-22(25-14-16-7-9-24-20(13-16)28-10-6-8-27-28)26-15-17-11-18(29-2)21(31-4)19(12-17)30-3;/h6-13H,5,14-15H2,1-4H3,(H2,23,25,26);1H. The van der Waals surface area contributed by atoms with Crippen LogP contribution in [0.25, 0.3) is 5.82 Å². The molecular formula is C22H29IN6O3. The van der Waals surface area contributed by atoms with Gasteiger partial charge in [0.15, 0.2) is 23.3 Å².